The number of carbonyl (C=O) groups is 1. The molecule has 70 valence electrons. The molecular weight excluding hydrogens is 168 g/mol. The smallest absolute Gasteiger partial charge is 0.220 e. The fourth-order valence-corrected chi connectivity index (χ4v) is 0.966. The lowest BCUT2D eigenvalue weighted by molar-refractivity contribution is -0.107. The lowest BCUT2D eigenvalue weighted by Gasteiger charge is -2.06. The molecule has 4 heteroatoms. The molecular formula is C9H12N2O2. The highest BCUT2D eigenvalue weighted by Gasteiger charge is 2.05. The predicted octanol–water partition coefficient (Wildman–Crippen LogP) is 0.925. The SMILES string of the molecule is CCOc1nc(C)ncc1CC=O. The van der Waals surface area contributed by atoms with Gasteiger partial charge in [-0.2, -0.15) is 4.98 Å². The molecule has 1 aromatic rings. The van der Waals surface area contributed by atoms with Gasteiger partial charge in [-0.1, -0.05) is 0 Å². The Balaban J connectivity index is 2.95. The first-order chi connectivity index (χ1) is 6.27. The number of hydrogen-bond donors (Lipinski definition) is 0. The third-order valence-corrected chi connectivity index (χ3v) is 1.53. The summed E-state index contributed by atoms with van der Waals surface area (Å²) < 4.78 is 5.26. The van der Waals surface area contributed by atoms with Gasteiger partial charge < -0.3 is 9.53 Å². The molecule has 0 spiro atoms. The number of aldehydes is 1. The van der Waals surface area contributed by atoms with Gasteiger partial charge in [0.25, 0.3) is 0 Å². The van der Waals surface area contributed by atoms with Crippen LogP contribution in [0.3, 0.4) is 0 Å². The summed E-state index contributed by atoms with van der Waals surface area (Å²) in [6.45, 7) is 4.21. The number of carbonyl (C=O) groups excluding carboxylic acids is 1. The van der Waals surface area contributed by atoms with E-state index < -0.39 is 0 Å². The molecule has 0 N–H and O–H groups in total. The number of ether oxygens (including phenoxy) is 1. The Morgan fingerprint density at radius 2 is 2.38 bits per heavy atom. The van der Waals surface area contributed by atoms with Crippen molar-refractivity contribution in [3.63, 3.8) is 0 Å². The molecule has 0 saturated heterocycles. The topological polar surface area (TPSA) is 52.1 Å². The van der Waals surface area contributed by atoms with Crippen molar-refractivity contribution in [2.24, 2.45) is 0 Å². The summed E-state index contributed by atoms with van der Waals surface area (Å²) in [5, 5.41) is 0. The summed E-state index contributed by atoms with van der Waals surface area (Å²) >= 11 is 0. The van der Waals surface area contributed by atoms with E-state index in [1.54, 1.807) is 13.1 Å². The zero-order chi connectivity index (χ0) is 9.68. The largest absolute Gasteiger partial charge is 0.478 e. The van der Waals surface area contributed by atoms with Gasteiger partial charge in [-0.15, -0.1) is 0 Å². The van der Waals surface area contributed by atoms with Gasteiger partial charge in [-0.05, 0) is 13.8 Å². The maximum atomic E-state index is 10.3. The molecule has 0 aliphatic rings. The van der Waals surface area contributed by atoms with E-state index in [0.717, 1.165) is 11.8 Å². The van der Waals surface area contributed by atoms with Crippen LogP contribution < -0.4 is 4.74 Å². The van der Waals surface area contributed by atoms with Gasteiger partial charge >= 0.3 is 0 Å². The first-order valence-electron chi connectivity index (χ1n) is 4.17. The van der Waals surface area contributed by atoms with Crippen LogP contribution >= 0.6 is 0 Å². The Kier molecular flexibility index (Phi) is 3.37. The number of aryl methyl sites for hydroxylation is 1. The summed E-state index contributed by atoms with van der Waals surface area (Å²) in [5.74, 6) is 1.17. The lowest BCUT2D eigenvalue weighted by Crippen LogP contribution is -2.02. The van der Waals surface area contributed by atoms with E-state index >= 15 is 0 Å². The average Bonchev–Trinajstić information content (AvgIpc) is 2.10. The molecule has 4 nitrogen and oxygen atoms in total. The molecule has 0 aliphatic heterocycles. The Morgan fingerprint density at radius 1 is 1.62 bits per heavy atom. The van der Waals surface area contributed by atoms with Crippen LogP contribution in [-0.4, -0.2) is 22.9 Å². The third-order valence-electron chi connectivity index (χ3n) is 1.53. The number of hydrogen-bond acceptors (Lipinski definition) is 4. The molecule has 0 fully saturated rings. The second kappa shape index (κ2) is 4.54. The molecule has 0 unspecified atom stereocenters. The minimum absolute atomic E-state index is 0.301. The van der Waals surface area contributed by atoms with E-state index in [2.05, 4.69) is 9.97 Å². The molecule has 0 atom stereocenters. The van der Waals surface area contributed by atoms with Crippen LogP contribution in [-0.2, 0) is 11.2 Å². The van der Waals surface area contributed by atoms with Gasteiger partial charge in [-0.3, -0.25) is 0 Å². The van der Waals surface area contributed by atoms with Crippen molar-refractivity contribution in [3.05, 3.63) is 17.6 Å². The molecule has 0 aliphatic carbocycles. The molecule has 1 heterocycles. The first kappa shape index (κ1) is 9.64. The van der Waals surface area contributed by atoms with Crippen molar-refractivity contribution in [1.82, 2.24) is 9.97 Å². The maximum absolute atomic E-state index is 10.3. The normalized spacial score (nSPS) is 9.69. The summed E-state index contributed by atoms with van der Waals surface area (Å²) in [6.07, 6.45) is 2.74. The number of nitrogens with zero attached hydrogens (tertiary/aromatic N) is 2. The Labute approximate surface area is 77.0 Å². The van der Waals surface area contributed by atoms with E-state index in [9.17, 15) is 4.79 Å². The Morgan fingerprint density at radius 3 is 3.00 bits per heavy atom. The highest BCUT2D eigenvalue weighted by atomic mass is 16.5. The van der Waals surface area contributed by atoms with Crippen molar-refractivity contribution >= 4 is 6.29 Å². The van der Waals surface area contributed by atoms with E-state index in [4.69, 9.17) is 4.74 Å². The molecule has 0 radical (unpaired) electrons. The highest BCUT2D eigenvalue weighted by molar-refractivity contribution is 5.56. The molecule has 0 aromatic carbocycles. The number of aromatic nitrogens is 2. The van der Waals surface area contributed by atoms with Crippen LogP contribution in [0.2, 0.25) is 0 Å². The van der Waals surface area contributed by atoms with Crippen LogP contribution in [0.25, 0.3) is 0 Å². The van der Waals surface area contributed by atoms with Crippen LogP contribution in [0.15, 0.2) is 6.20 Å². The summed E-state index contributed by atoms with van der Waals surface area (Å²) in [4.78, 5) is 18.4. The highest BCUT2D eigenvalue weighted by Crippen LogP contribution is 2.13. The van der Waals surface area contributed by atoms with Crippen molar-refractivity contribution in [3.8, 4) is 5.88 Å². The quantitative estimate of drug-likeness (QED) is 0.647. The molecule has 13 heavy (non-hydrogen) atoms. The summed E-state index contributed by atoms with van der Waals surface area (Å²) in [6, 6.07) is 0. The predicted molar refractivity (Wildman–Crippen MR) is 47.7 cm³/mol. The van der Waals surface area contributed by atoms with Gasteiger partial charge in [0.15, 0.2) is 0 Å². The molecule has 0 saturated carbocycles. The fourth-order valence-electron chi connectivity index (χ4n) is 0.966. The zero-order valence-electron chi connectivity index (χ0n) is 7.78. The maximum Gasteiger partial charge on any atom is 0.220 e. The van der Waals surface area contributed by atoms with Gasteiger partial charge in [0, 0.05) is 18.2 Å². The van der Waals surface area contributed by atoms with E-state index in [-0.39, 0.29) is 0 Å². The van der Waals surface area contributed by atoms with Crippen LogP contribution in [0.1, 0.15) is 18.3 Å². The van der Waals surface area contributed by atoms with E-state index in [0.29, 0.717) is 24.7 Å². The second-order valence-electron chi connectivity index (χ2n) is 2.55. The fraction of sp³-hybridized carbons (Fsp3) is 0.444. The van der Waals surface area contributed by atoms with E-state index in [1.807, 2.05) is 6.92 Å². The molecule has 1 rings (SSSR count). The molecule has 0 amide bonds. The standard InChI is InChI=1S/C9H12N2O2/c1-3-13-9-8(4-5-12)6-10-7(2)11-9/h5-6H,3-4H2,1-2H3. The number of rotatable bonds is 4. The molecule has 1 aromatic heterocycles. The van der Waals surface area contributed by atoms with Crippen LogP contribution in [0, 0.1) is 6.92 Å². The van der Waals surface area contributed by atoms with Gasteiger partial charge in [0.05, 0.1) is 6.61 Å². The zero-order valence-corrected chi connectivity index (χ0v) is 7.78. The molecule has 0 bridgehead atoms. The van der Waals surface area contributed by atoms with Crippen molar-refractivity contribution in [2.75, 3.05) is 6.61 Å². The van der Waals surface area contributed by atoms with Crippen LogP contribution in [0.5, 0.6) is 5.88 Å². The Hall–Kier alpha value is -1.45. The average molecular weight is 180 g/mol. The monoisotopic (exact) mass is 180 g/mol. The lowest BCUT2D eigenvalue weighted by atomic mass is 10.2. The minimum atomic E-state index is 0.301. The van der Waals surface area contributed by atoms with E-state index in [1.165, 1.54) is 0 Å². The van der Waals surface area contributed by atoms with Gasteiger partial charge in [0.2, 0.25) is 5.88 Å². The summed E-state index contributed by atoms with van der Waals surface area (Å²) in [7, 11) is 0. The van der Waals surface area contributed by atoms with Gasteiger partial charge in [-0.25, -0.2) is 4.98 Å². The van der Waals surface area contributed by atoms with Crippen molar-refractivity contribution in [2.45, 2.75) is 20.3 Å². The van der Waals surface area contributed by atoms with Crippen molar-refractivity contribution in [1.29, 1.82) is 0 Å². The minimum Gasteiger partial charge on any atom is -0.478 e. The van der Waals surface area contributed by atoms with Crippen molar-refractivity contribution < 1.29 is 9.53 Å². The third kappa shape index (κ3) is 2.50. The summed E-state index contributed by atoms with van der Waals surface area (Å²) in [5.41, 5.74) is 0.738. The van der Waals surface area contributed by atoms with Gasteiger partial charge in [0.1, 0.15) is 12.1 Å². The van der Waals surface area contributed by atoms with Crippen LogP contribution in [0.4, 0.5) is 0 Å². The second-order valence-corrected chi connectivity index (χ2v) is 2.55. The Bertz CT molecular complexity index is 300. The first-order valence-corrected chi connectivity index (χ1v) is 4.17.